The highest BCUT2D eigenvalue weighted by Crippen LogP contribution is 2.37. The molecule has 0 aliphatic carbocycles. The molecule has 0 spiro atoms. The zero-order chi connectivity index (χ0) is 16.0. The molecular formula is C16H22BrN3S. The Kier molecular flexibility index (Phi) is 4.19. The lowest BCUT2D eigenvalue weighted by atomic mass is 9.92. The third kappa shape index (κ3) is 3.46. The summed E-state index contributed by atoms with van der Waals surface area (Å²) >= 11 is 5.24. The summed E-state index contributed by atoms with van der Waals surface area (Å²) in [7, 11) is 0. The minimum Gasteiger partial charge on any atom is -0.383 e. The molecule has 0 fully saturated rings. The summed E-state index contributed by atoms with van der Waals surface area (Å²) in [5.74, 6) is 1.21. The molecule has 0 saturated heterocycles. The van der Waals surface area contributed by atoms with E-state index in [-0.39, 0.29) is 10.8 Å². The van der Waals surface area contributed by atoms with Gasteiger partial charge in [0.25, 0.3) is 0 Å². The molecule has 0 atom stereocenters. The summed E-state index contributed by atoms with van der Waals surface area (Å²) in [6, 6.07) is 4.23. The molecule has 2 aromatic rings. The van der Waals surface area contributed by atoms with Crippen LogP contribution in [-0.2, 0) is 10.8 Å². The Morgan fingerprint density at radius 1 is 1.00 bits per heavy atom. The van der Waals surface area contributed by atoms with Crippen LogP contribution in [0.4, 0.5) is 5.82 Å². The number of nitrogen functional groups attached to an aromatic ring is 1. The number of nitrogens with two attached hydrogens (primary N) is 1. The second-order valence-corrected chi connectivity index (χ2v) is 9.14. The number of anilines is 1. The molecule has 0 unspecified atom stereocenters. The molecule has 0 radical (unpaired) electrons. The van der Waals surface area contributed by atoms with Gasteiger partial charge in [0.15, 0.2) is 5.82 Å². The average Bonchev–Trinajstić information content (AvgIpc) is 2.80. The monoisotopic (exact) mass is 367 g/mol. The van der Waals surface area contributed by atoms with E-state index in [1.54, 1.807) is 11.3 Å². The molecule has 0 saturated carbocycles. The van der Waals surface area contributed by atoms with Crippen LogP contribution < -0.4 is 5.73 Å². The fourth-order valence-electron chi connectivity index (χ4n) is 1.93. The Morgan fingerprint density at radius 2 is 1.62 bits per heavy atom. The Hall–Kier alpha value is -0.940. The first-order chi connectivity index (χ1) is 9.50. The molecule has 2 rings (SSSR count). The van der Waals surface area contributed by atoms with Crippen molar-refractivity contribution in [2.75, 3.05) is 5.73 Å². The van der Waals surface area contributed by atoms with Crippen LogP contribution in [0.3, 0.4) is 0 Å². The second-order valence-electron chi connectivity index (χ2n) is 7.26. The Morgan fingerprint density at radius 3 is 2.10 bits per heavy atom. The molecule has 5 heteroatoms. The van der Waals surface area contributed by atoms with Gasteiger partial charge in [-0.25, -0.2) is 9.97 Å². The molecule has 0 amide bonds. The van der Waals surface area contributed by atoms with Gasteiger partial charge in [-0.15, -0.1) is 11.3 Å². The van der Waals surface area contributed by atoms with E-state index in [1.165, 1.54) is 4.88 Å². The quantitative estimate of drug-likeness (QED) is 0.758. The molecule has 0 bridgehead atoms. The molecule has 2 N–H and O–H groups in total. The van der Waals surface area contributed by atoms with Gasteiger partial charge in [-0.05, 0) is 33.5 Å². The molecule has 2 aromatic heterocycles. The van der Waals surface area contributed by atoms with Gasteiger partial charge in [0.2, 0.25) is 0 Å². The van der Waals surface area contributed by atoms with Gasteiger partial charge in [0, 0.05) is 10.3 Å². The van der Waals surface area contributed by atoms with Crippen LogP contribution in [0.2, 0.25) is 0 Å². The fraction of sp³-hybridized carbons (Fsp3) is 0.500. The minimum atomic E-state index is -0.0885. The third-order valence-electron chi connectivity index (χ3n) is 3.15. The first-order valence-corrected chi connectivity index (χ1v) is 8.55. The largest absolute Gasteiger partial charge is 0.383 e. The molecule has 0 aliphatic rings. The van der Waals surface area contributed by atoms with Gasteiger partial charge in [-0.3, -0.25) is 0 Å². The maximum Gasteiger partial charge on any atom is 0.171 e. The summed E-state index contributed by atoms with van der Waals surface area (Å²) < 4.78 is 0.798. The SMILES string of the molecule is CC(C)(C)c1ccc(-c2nc(N)c(Br)c(C(C)(C)C)n2)s1. The third-order valence-corrected chi connectivity index (χ3v) is 5.44. The van der Waals surface area contributed by atoms with E-state index in [1.807, 2.05) is 0 Å². The normalized spacial score (nSPS) is 12.7. The lowest BCUT2D eigenvalue weighted by molar-refractivity contribution is 0.565. The molecule has 114 valence electrons. The lowest BCUT2D eigenvalue weighted by Crippen LogP contribution is -2.17. The first-order valence-electron chi connectivity index (χ1n) is 6.94. The standard InChI is InChI=1S/C16H22BrN3S/c1-15(2,3)10-8-7-9(21-10)14-19-12(16(4,5)6)11(17)13(18)20-14/h7-8H,1-6H3,(H2,18,19,20). The lowest BCUT2D eigenvalue weighted by Gasteiger charge is -2.20. The van der Waals surface area contributed by atoms with Gasteiger partial charge >= 0.3 is 0 Å². The predicted octanol–water partition coefficient (Wildman–Crippen LogP) is 5.14. The van der Waals surface area contributed by atoms with Gasteiger partial charge in [-0.2, -0.15) is 0 Å². The van der Waals surface area contributed by atoms with E-state index < -0.39 is 0 Å². The molecular weight excluding hydrogens is 346 g/mol. The number of nitrogens with zero attached hydrogens (tertiary/aromatic N) is 2. The van der Waals surface area contributed by atoms with E-state index in [4.69, 9.17) is 10.7 Å². The number of thiophene rings is 1. The van der Waals surface area contributed by atoms with Crippen molar-refractivity contribution in [3.63, 3.8) is 0 Å². The van der Waals surface area contributed by atoms with E-state index in [2.05, 4.69) is 74.6 Å². The Bertz CT molecular complexity index is 663. The van der Waals surface area contributed by atoms with E-state index in [0.717, 1.165) is 15.0 Å². The van der Waals surface area contributed by atoms with Crippen LogP contribution in [0.5, 0.6) is 0 Å². The molecule has 21 heavy (non-hydrogen) atoms. The highest BCUT2D eigenvalue weighted by molar-refractivity contribution is 9.10. The average molecular weight is 368 g/mol. The van der Waals surface area contributed by atoms with Crippen LogP contribution in [0.1, 0.15) is 52.1 Å². The van der Waals surface area contributed by atoms with Crippen molar-refractivity contribution < 1.29 is 0 Å². The zero-order valence-corrected chi connectivity index (χ0v) is 15.8. The summed E-state index contributed by atoms with van der Waals surface area (Å²) in [4.78, 5) is 11.6. The van der Waals surface area contributed by atoms with Crippen LogP contribution in [0.15, 0.2) is 16.6 Å². The molecule has 0 aliphatic heterocycles. The van der Waals surface area contributed by atoms with Crippen LogP contribution in [0, 0.1) is 0 Å². The number of hydrogen-bond donors (Lipinski definition) is 1. The van der Waals surface area contributed by atoms with Crippen LogP contribution >= 0.6 is 27.3 Å². The van der Waals surface area contributed by atoms with Crippen molar-refractivity contribution in [1.29, 1.82) is 0 Å². The predicted molar refractivity (Wildman–Crippen MR) is 94.9 cm³/mol. The topological polar surface area (TPSA) is 51.8 Å². The van der Waals surface area contributed by atoms with Crippen LogP contribution in [-0.4, -0.2) is 9.97 Å². The highest BCUT2D eigenvalue weighted by atomic mass is 79.9. The van der Waals surface area contributed by atoms with E-state index >= 15 is 0 Å². The summed E-state index contributed by atoms with van der Waals surface area (Å²) in [5.41, 5.74) is 7.04. The van der Waals surface area contributed by atoms with E-state index in [0.29, 0.717) is 11.6 Å². The summed E-state index contributed by atoms with van der Waals surface area (Å²) in [6.45, 7) is 13.0. The smallest absolute Gasteiger partial charge is 0.171 e. The van der Waals surface area contributed by atoms with Crippen LogP contribution in [0.25, 0.3) is 10.7 Å². The van der Waals surface area contributed by atoms with Gasteiger partial charge in [0.1, 0.15) is 5.82 Å². The Labute approximate surface area is 139 Å². The zero-order valence-electron chi connectivity index (χ0n) is 13.4. The number of rotatable bonds is 1. The minimum absolute atomic E-state index is 0.0885. The van der Waals surface area contributed by atoms with E-state index in [9.17, 15) is 0 Å². The molecule has 2 heterocycles. The summed E-state index contributed by atoms with van der Waals surface area (Å²) in [6.07, 6.45) is 0. The van der Waals surface area contributed by atoms with Crippen molar-refractivity contribution >= 4 is 33.1 Å². The van der Waals surface area contributed by atoms with Crippen molar-refractivity contribution in [1.82, 2.24) is 9.97 Å². The van der Waals surface area contributed by atoms with Crippen molar-refractivity contribution in [2.24, 2.45) is 0 Å². The second kappa shape index (κ2) is 5.36. The number of hydrogen-bond acceptors (Lipinski definition) is 4. The first kappa shape index (κ1) is 16.4. The fourth-order valence-corrected chi connectivity index (χ4v) is 3.70. The molecule has 0 aromatic carbocycles. The Balaban J connectivity index is 2.55. The van der Waals surface area contributed by atoms with Crippen molar-refractivity contribution in [3.8, 4) is 10.7 Å². The van der Waals surface area contributed by atoms with Gasteiger partial charge < -0.3 is 5.73 Å². The molecule has 3 nitrogen and oxygen atoms in total. The maximum atomic E-state index is 6.05. The highest BCUT2D eigenvalue weighted by Gasteiger charge is 2.24. The van der Waals surface area contributed by atoms with Crippen molar-refractivity contribution in [2.45, 2.75) is 52.4 Å². The maximum absolute atomic E-state index is 6.05. The van der Waals surface area contributed by atoms with Crippen molar-refractivity contribution in [3.05, 3.63) is 27.2 Å². The number of aromatic nitrogens is 2. The van der Waals surface area contributed by atoms with Gasteiger partial charge in [-0.1, -0.05) is 41.5 Å². The van der Waals surface area contributed by atoms with Gasteiger partial charge in [0.05, 0.1) is 15.0 Å². The summed E-state index contributed by atoms with van der Waals surface area (Å²) in [5, 5.41) is 0. The number of halogens is 1.